The normalized spacial score (nSPS) is 24.2. The number of hydrogen-bond acceptors (Lipinski definition) is 2. The van der Waals surface area contributed by atoms with E-state index in [4.69, 9.17) is 0 Å². The standard InChI is InChI=1S/C13H18O2/c1-9-7-11(15)8-13(3,4)12(9)6-5-10(2)14/h5,7,11,15H,8H2,1-4H3. The monoisotopic (exact) mass is 206 g/mol. The second kappa shape index (κ2) is 4.18. The number of rotatable bonds is 1. The van der Waals surface area contributed by atoms with Gasteiger partial charge >= 0.3 is 0 Å². The van der Waals surface area contributed by atoms with Gasteiger partial charge in [0.1, 0.15) is 0 Å². The topological polar surface area (TPSA) is 37.3 Å². The molecule has 0 amide bonds. The van der Waals surface area contributed by atoms with E-state index in [1.807, 2.05) is 13.0 Å². The molecule has 0 aliphatic heterocycles. The molecular weight excluding hydrogens is 188 g/mol. The lowest BCUT2D eigenvalue weighted by Gasteiger charge is -2.33. The van der Waals surface area contributed by atoms with Crippen molar-refractivity contribution in [3.8, 4) is 0 Å². The fourth-order valence-corrected chi connectivity index (χ4v) is 2.07. The predicted octanol–water partition coefficient (Wildman–Crippen LogP) is 2.39. The molecule has 0 bridgehead atoms. The Labute approximate surface area is 91.0 Å². The molecule has 2 nitrogen and oxygen atoms in total. The van der Waals surface area contributed by atoms with Crippen LogP contribution >= 0.6 is 0 Å². The molecule has 2 heteroatoms. The molecule has 0 saturated heterocycles. The summed E-state index contributed by atoms with van der Waals surface area (Å²) in [5.74, 6) is -0.00257. The maximum atomic E-state index is 10.9. The van der Waals surface area contributed by atoms with Crippen molar-refractivity contribution < 1.29 is 9.90 Å². The van der Waals surface area contributed by atoms with E-state index in [0.29, 0.717) is 6.42 Å². The van der Waals surface area contributed by atoms with Gasteiger partial charge in [0.25, 0.3) is 0 Å². The minimum Gasteiger partial charge on any atom is -0.389 e. The Morgan fingerprint density at radius 1 is 1.67 bits per heavy atom. The molecule has 82 valence electrons. The van der Waals surface area contributed by atoms with Crippen molar-refractivity contribution in [3.63, 3.8) is 0 Å². The molecule has 0 saturated carbocycles. The Balaban J connectivity index is 3.21. The second-order valence-electron chi connectivity index (χ2n) is 4.78. The summed E-state index contributed by atoms with van der Waals surface area (Å²) in [7, 11) is 0. The maximum Gasteiger partial charge on any atom is 0.160 e. The molecule has 15 heavy (non-hydrogen) atoms. The molecule has 0 radical (unpaired) electrons. The van der Waals surface area contributed by atoms with Gasteiger partial charge in [-0.2, -0.15) is 0 Å². The predicted molar refractivity (Wildman–Crippen MR) is 60.4 cm³/mol. The van der Waals surface area contributed by atoms with Gasteiger partial charge in [0.05, 0.1) is 6.10 Å². The summed E-state index contributed by atoms with van der Waals surface area (Å²) in [5.41, 5.74) is 4.95. The zero-order chi connectivity index (χ0) is 11.6. The summed E-state index contributed by atoms with van der Waals surface area (Å²) in [5, 5.41) is 9.62. The highest BCUT2D eigenvalue weighted by Crippen LogP contribution is 2.39. The van der Waals surface area contributed by atoms with Crippen molar-refractivity contribution in [2.24, 2.45) is 5.41 Å². The van der Waals surface area contributed by atoms with Crippen LogP contribution in [0.5, 0.6) is 0 Å². The molecular formula is C13H18O2. The maximum absolute atomic E-state index is 10.9. The summed E-state index contributed by atoms with van der Waals surface area (Å²) in [6, 6.07) is 0. The molecule has 1 atom stereocenters. The molecule has 1 aliphatic carbocycles. The van der Waals surface area contributed by atoms with E-state index in [-0.39, 0.29) is 17.3 Å². The lowest BCUT2D eigenvalue weighted by atomic mass is 9.72. The minimum absolute atomic E-state index is 0.00257. The van der Waals surface area contributed by atoms with Crippen molar-refractivity contribution >= 4 is 5.78 Å². The zero-order valence-corrected chi connectivity index (χ0v) is 9.79. The van der Waals surface area contributed by atoms with Crippen molar-refractivity contribution in [1.82, 2.24) is 0 Å². The highest BCUT2D eigenvalue weighted by molar-refractivity contribution is 5.87. The molecule has 1 rings (SSSR count). The number of aliphatic hydroxyl groups is 1. The van der Waals surface area contributed by atoms with Crippen molar-refractivity contribution in [1.29, 1.82) is 0 Å². The summed E-state index contributed by atoms with van der Waals surface area (Å²) >= 11 is 0. The van der Waals surface area contributed by atoms with Crippen LogP contribution in [0, 0.1) is 5.41 Å². The molecule has 0 fully saturated rings. The lowest BCUT2D eigenvalue weighted by molar-refractivity contribution is -0.112. The van der Waals surface area contributed by atoms with Gasteiger partial charge in [-0.05, 0) is 31.3 Å². The first kappa shape index (κ1) is 12.0. The average molecular weight is 206 g/mol. The summed E-state index contributed by atoms with van der Waals surface area (Å²) in [6.45, 7) is 7.57. The summed E-state index contributed by atoms with van der Waals surface area (Å²) in [4.78, 5) is 10.9. The zero-order valence-electron chi connectivity index (χ0n) is 9.79. The van der Waals surface area contributed by atoms with E-state index in [2.05, 4.69) is 19.6 Å². The molecule has 1 N–H and O–H groups in total. The van der Waals surface area contributed by atoms with Gasteiger partial charge in [-0.1, -0.05) is 19.9 Å². The number of hydrogen-bond donors (Lipinski definition) is 1. The van der Waals surface area contributed by atoms with Gasteiger partial charge in [0, 0.05) is 11.6 Å². The van der Waals surface area contributed by atoms with Crippen molar-refractivity contribution in [3.05, 3.63) is 29.0 Å². The average Bonchev–Trinajstić information content (AvgIpc) is 1.98. The van der Waals surface area contributed by atoms with E-state index in [1.165, 1.54) is 13.0 Å². The molecule has 0 aromatic rings. The minimum atomic E-state index is -0.386. The van der Waals surface area contributed by atoms with E-state index in [9.17, 15) is 9.90 Å². The van der Waals surface area contributed by atoms with Crippen molar-refractivity contribution in [2.45, 2.75) is 40.2 Å². The van der Waals surface area contributed by atoms with Crippen LogP contribution in [0.2, 0.25) is 0 Å². The van der Waals surface area contributed by atoms with Gasteiger partial charge in [0.2, 0.25) is 0 Å². The van der Waals surface area contributed by atoms with Gasteiger partial charge < -0.3 is 5.11 Å². The largest absolute Gasteiger partial charge is 0.389 e. The van der Waals surface area contributed by atoms with Gasteiger partial charge in [0.15, 0.2) is 5.78 Å². The third-order valence-electron chi connectivity index (χ3n) is 2.65. The summed E-state index contributed by atoms with van der Waals surface area (Å²) < 4.78 is 0. The number of carbonyl (C=O) groups is 1. The molecule has 1 aliphatic rings. The quantitative estimate of drug-likeness (QED) is 0.528. The smallest absolute Gasteiger partial charge is 0.160 e. The van der Waals surface area contributed by atoms with Crippen LogP contribution < -0.4 is 0 Å². The van der Waals surface area contributed by atoms with Crippen LogP contribution in [0.15, 0.2) is 29.0 Å². The van der Waals surface area contributed by atoms with Crippen LogP contribution in [0.25, 0.3) is 0 Å². The first-order valence-corrected chi connectivity index (χ1v) is 5.17. The number of ketones is 1. The molecule has 1 unspecified atom stereocenters. The van der Waals surface area contributed by atoms with Crippen LogP contribution in [0.1, 0.15) is 34.1 Å². The SMILES string of the molecule is CC(=O)C=C=C1C(C)=CC(O)CC1(C)C. The Morgan fingerprint density at radius 3 is 2.73 bits per heavy atom. The Hall–Kier alpha value is -1.11. The Kier molecular flexibility index (Phi) is 3.33. The Bertz CT molecular complexity index is 366. The number of carbonyl (C=O) groups excluding carboxylic acids is 1. The second-order valence-corrected chi connectivity index (χ2v) is 4.78. The van der Waals surface area contributed by atoms with E-state index < -0.39 is 0 Å². The van der Waals surface area contributed by atoms with Gasteiger partial charge in [-0.15, -0.1) is 5.73 Å². The van der Waals surface area contributed by atoms with Crippen LogP contribution in [-0.2, 0) is 4.79 Å². The third-order valence-corrected chi connectivity index (χ3v) is 2.65. The number of allylic oxidation sites excluding steroid dienone is 2. The van der Waals surface area contributed by atoms with Gasteiger partial charge in [-0.25, -0.2) is 0 Å². The van der Waals surface area contributed by atoms with Crippen LogP contribution in [0.4, 0.5) is 0 Å². The van der Waals surface area contributed by atoms with Crippen LogP contribution in [0.3, 0.4) is 0 Å². The fourth-order valence-electron chi connectivity index (χ4n) is 2.07. The lowest BCUT2D eigenvalue weighted by Crippen LogP contribution is -2.26. The molecule has 0 aromatic carbocycles. The first-order valence-electron chi connectivity index (χ1n) is 5.17. The van der Waals surface area contributed by atoms with E-state index in [1.54, 1.807) is 0 Å². The first-order chi connectivity index (χ1) is 6.83. The fraction of sp³-hybridized carbons (Fsp3) is 0.538. The van der Waals surface area contributed by atoms with Crippen LogP contribution in [-0.4, -0.2) is 17.0 Å². The van der Waals surface area contributed by atoms with E-state index >= 15 is 0 Å². The highest BCUT2D eigenvalue weighted by Gasteiger charge is 2.30. The summed E-state index contributed by atoms with van der Waals surface area (Å²) in [6.07, 6.45) is 3.58. The highest BCUT2D eigenvalue weighted by atomic mass is 16.3. The van der Waals surface area contributed by atoms with Crippen molar-refractivity contribution in [2.75, 3.05) is 0 Å². The van der Waals surface area contributed by atoms with Gasteiger partial charge in [-0.3, -0.25) is 4.79 Å². The molecule has 0 spiro atoms. The molecule has 0 heterocycles. The number of aliphatic hydroxyl groups excluding tert-OH is 1. The Morgan fingerprint density at radius 2 is 2.27 bits per heavy atom. The van der Waals surface area contributed by atoms with E-state index in [0.717, 1.165) is 11.1 Å². The molecule has 0 aromatic heterocycles. The third kappa shape index (κ3) is 2.92.